The topological polar surface area (TPSA) is 90.9 Å². The standard InChI is InChI=1S/C26H22F2N6O/c1-35-18-12-10-17(11-13-18)34-24(29)21-23(19-8-5-9-20(27)22(19)28)31-26(32-25(21)33-34)30-15-14-16-6-3-2-4-7-16/h2-13H,14-15,29H2,1H3,(H,30,32,33). The van der Waals surface area contributed by atoms with Gasteiger partial charge in [0.1, 0.15) is 11.6 Å². The van der Waals surface area contributed by atoms with E-state index in [1.54, 1.807) is 31.4 Å². The van der Waals surface area contributed by atoms with E-state index in [4.69, 9.17) is 10.5 Å². The zero-order valence-electron chi connectivity index (χ0n) is 18.9. The SMILES string of the molecule is COc1ccc(-n2nc3nc(NCCc4ccccc4)nc(-c4cccc(F)c4F)c3c2N)cc1. The van der Waals surface area contributed by atoms with Crippen LogP contribution < -0.4 is 15.8 Å². The van der Waals surface area contributed by atoms with E-state index in [0.717, 1.165) is 18.1 Å². The van der Waals surface area contributed by atoms with Crippen molar-refractivity contribution < 1.29 is 13.5 Å². The molecule has 0 spiro atoms. The Bertz CT molecular complexity index is 1490. The molecule has 0 unspecified atom stereocenters. The number of aromatic nitrogens is 4. The number of hydrogen-bond acceptors (Lipinski definition) is 6. The molecule has 0 saturated carbocycles. The van der Waals surface area contributed by atoms with Gasteiger partial charge in [-0.1, -0.05) is 36.4 Å². The average Bonchev–Trinajstić information content (AvgIpc) is 3.22. The molecule has 9 heteroatoms. The Kier molecular flexibility index (Phi) is 5.97. The van der Waals surface area contributed by atoms with Crippen molar-refractivity contribution in [3.8, 4) is 22.7 Å². The second kappa shape index (κ2) is 9.38. The Labute approximate surface area is 200 Å². The number of anilines is 2. The van der Waals surface area contributed by atoms with Crippen molar-refractivity contribution in [3.05, 3.63) is 90.0 Å². The fraction of sp³-hybridized carbons (Fsp3) is 0.115. The third kappa shape index (κ3) is 4.35. The summed E-state index contributed by atoms with van der Waals surface area (Å²) in [4.78, 5) is 9.03. The summed E-state index contributed by atoms with van der Waals surface area (Å²) in [6, 6.07) is 21.0. The van der Waals surface area contributed by atoms with Gasteiger partial charge in [0, 0.05) is 12.1 Å². The van der Waals surface area contributed by atoms with Crippen LogP contribution in [0.5, 0.6) is 5.75 Å². The Balaban J connectivity index is 1.60. The molecule has 176 valence electrons. The maximum atomic E-state index is 14.8. The van der Waals surface area contributed by atoms with Gasteiger partial charge in [-0.25, -0.2) is 18.4 Å². The minimum Gasteiger partial charge on any atom is -0.497 e. The van der Waals surface area contributed by atoms with E-state index < -0.39 is 11.6 Å². The summed E-state index contributed by atoms with van der Waals surface area (Å²) in [5, 5.41) is 8.05. The second-order valence-electron chi connectivity index (χ2n) is 7.85. The summed E-state index contributed by atoms with van der Waals surface area (Å²) in [6.45, 7) is 0.537. The third-order valence-corrected chi connectivity index (χ3v) is 5.63. The van der Waals surface area contributed by atoms with Gasteiger partial charge in [0.25, 0.3) is 0 Å². The van der Waals surface area contributed by atoms with E-state index >= 15 is 0 Å². The smallest absolute Gasteiger partial charge is 0.225 e. The first-order chi connectivity index (χ1) is 17.0. The monoisotopic (exact) mass is 472 g/mol. The molecule has 5 rings (SSSR count). The van der Waals surface area contributed by atoms with E-state index in [-0.39, 0.29) is 28.7 Å². The van der Waals surface area contributed by atoms with E-state index in [2.05, 4.69) is 20.4 Å². The van der Waals surface area contributed by atoms with Crippen LogP contribution >= 0.6 is 0 Å². The highest BCUT2D eigenvalue weighted by molar-refractivity contribution is 5.99. The van der Waals surface area contributed by atoms with E-state index in [0.29, 0.717) is 23.4 Å². The van der Waals surface area contributed by atoms with Crippen molar-refractivity contribution in [2.24, 2.45) is 0 Å². The molecule has 0 aliphatic heterocycles. The summed E-state index contributed by atoms with van der Waals surface area (Å²) < 4.78 is 35.6. The lowest BCUT2D eigenvalue weighted by atomic mass is 10.1. The largest absolute Gasteiger partial charge is 0.497 e. The Morgan fingerprint density at radius 2 is 1.71 bits per heavy atom. The predicted octanol–water partition coefficient (Wildman–Crippen LogP) is 5.01. The van der Waals surface area contributed by atoms with Crippen LogP contribution in [0.1, 0.15) is 5.56 Å². The number of halogens is 2. The molecule has 0 amide bonds. The maximum Gasteiger partial charge on any atom is 0.225 e. The molecule has 0 saturated heterocycles. The molecule has 2 aromatic heterocycles. The lowest BCUT2D eigenvalue weighted by molar-refractivity contribution is 0.414. The lowest BCUT2D eigenvalue weighted by Crippen LogP contribution is -2.09. The van der Waals surface area contributed by atoms with E-state index in [1.807, 2.05) is 30.3 Å². The maximum absolute atomic E-state index is 14.8. The fourth-order valence-corrected chi connectivity index (χ4v) is 3.86. The van der Waals surface area contributed by atoms with Gasteiger partial charge in [-0.2, -0.15) is 4.98 Å². The normalized spacial score (nSPS) is 11.1. The van der Waals surface area contributed by atoms with Gasteiger partial charge in [-0.05, 0) is 48.4 Å². The molecule has 0 radical (unpaired) electrons. The van der Waals surface area contributed by atoms with Crippen LogP contribution in [0.25, 0.3) is 28.0 Å². The summed E-state index contributed by atoms with van der Waals surface area (Å²) in [7, 11) is 1.58. The molecule has 0 aliphatic rings. The van der Waals surface area contributed by atoms with Crippen LogP contribution in [0.4, 0.5) is 20.5 Å². The molecule has 7 nitrogen and oxygen atoms in total. The Morgan fingerprint density at radius 1 is 0.943 bits per heavy atom. The number of nitrogens with one attached hydrogen (secondary N) is 1. The molecular weight excluding hydrogens is 450 g/mol. The van der Waals surface area contributed by atoms with Crippen molar-refractivity contribution in [3.63, 3.8) is 0 Å². The molecule has 3 N–H and O–H groups in total. The van der Waals surface area contributed by atoms with Crippen molar-refractivity contribution in [2.75, 3.05) is 24.7 Å². The van der Waals surface area contributed by atoms with Gasteiger partial charge >= 0.3 is 0 Å². The van der Waals surface area contributed by atoms with Gasteiger partial charge in [0.15, 0.2) is 17.3 Å². The summed E-state index contributed by atoms with van der Waals surface area (Å²) in [5.41, 5.74) is 8.64. The van der Waals surface area contributed by atoms with E-state index in [9.17, 15) is 8.78 Å². The molecule has 5 aromatic rings. The number of nitrogens with two attached hydrogens (primary N) is 1. The Morgan fingerprint density at radius 3 is 2.46 bits per heavy atom. The molecular formula is C26H22F2N6O. The molecule has 0 atom stereocenters. The first-order valence-corrected chi connectivity index (χ1v) is 11.0. The predicted molar refractivity (Wildman–Crippen MR) is 132 cm³/mol. The number of benzene rings is 3. The summed E-state index contributed by atoms with van der Waals surface area (Å²) in [5.74, 6) is -0.865. The van der Waals surface area contributed by atoms with Gasteiger partial charge in [0.2, 0.25) is 5.95 Å². The van der Waals surface area contributed by atoms with Crippen molar-refractivity contribution in [1.82, 2.24) is 19.7 Å². The first-order valence-electron chi connectivity index (χ1n) is 11.0. The number of nitrogens with zero attached hydrogens (tertiary/aromatic N) is 4. The number of nitrogen functional groups attached to an aromatic ring is 1. The minimum absolute atomic E-state index is 0.0236. The number of hydrogen-bond donors (Lipinski definition) is 2. The van der Waals surface area contributed by atoms with Crippen LogP contribution in [-0.2, 0) is 6.42 Å². The second-order valence-corrected chi connectivity index (χ2v) is 7.85. The summed E-state index contributed by atoms with van der Waals surface area (Å²) >= 11 is 0. The van der Waals surface area contributed by atoms with Crippen LogP contribution in [0.2, 0.25) is 0 Å². The van der Waals surface area contributed by atoms with Gasteiger partial charge in [0.05, 0.1) is 23.9 Å². The molecule has 35 heavy (non-hydrogen) atoms. The zero-order chi connectivity index (χ0) is 24.4. The number of methoxy groups -OCH3 is 1. The van der Waals surface area contributed by atoms with Crippen LogP contribution in [-0.4, -0.2) is 33.4 Å². The first kappa shape index (κ1) is 22.3. The number of fused-ring (bicyclic) bond motifs is 1. The summed E-state index contributed by atoms with van der Waals surface area (Å²) in [6.07, 6.45) is 0.730. The number of ether oxygens (including phenoxy) is 1. The van der Waals surface area contributed by atoms with Gasteiger partial charge in [-0.3, -0.25) is 0 Å². The third-order valence-electron chi connectivity index (χ3n) is 5.63. The fourth-order valence-electron chi connectivity index (χ4n) is 3.86. The lowest BCUT2D eigenvalue weighted by Gasteiger charge is -2.10. The van der Waals surface area contributed by atoms with Gasteiger partial charge in [-0.15, -0.1) is 5.10 Å². The van der Waals surface area contributed by atoms with Crippen molar-refractivity contribution >= 4 is 22.8 Å². The Hall–Kier alpha value is -4.53. The molecule has 0 aliphatic carbocycles. The molecule has 0 bridgehead atoms. The molecule has 3 aromatic carbocycles. The quantitative estimate of drug-likeness (QED) is 0.346. The highest BCUT2D eigenvalue weighted by Gasteiger charge is 2.22. The van der Waals surface area contributed by atoms with Crippen molar-refractivity contribution in [2.45, 2.75) is 6.42 Å². The minimum atomic E-state index is -1.01. The highest BCUT2D eigenvalue weighted by Crippen LogP contribution is 2.34. The molecule has 2 heterocycles. The van der Waals surface area contributed by atoms with E-state index in [1.165, 1.54) is 16.8 Å². The van der Waals surface area contributed by atoms with Crippen LogP contribution in [0.3, 0.4) is 0 Å². The number of rotatable bonds is 7. The van der Waals surface area contributed by atoms with Crippen LogP contribution in [0, 0.1) is 11.6 Å². The van der Waals surface area contributed by atoms with Crippen molar-refractivity contribution in [1.29, 1.82) is 0 Å². The van der Waals surface area contributed by atoms with Gasteiger partial charge < -0.3 is 15.8 Å². The molecule has 0 fully saturated rings. The highest BCUT2D eigenvalue weighted by atomic mass is 19.2. The average molecular weight is 472 g/mol. The van der Waals surface area contributed by atoms with Crippen LogP contribution in [0.15, 0.2) is 72.8 Å². The zero-order valence-corrected chi connectivity index (χ0v) is 18.9.